The number of imidazole rings is 1. The fourth-order valence-corrected chi connectivity index (χ4v) is 8.91. The Bertz CT molecular complexity index is 1220. The highest BCUT2D eigenvalue weighted by atomic mass is 15.1. The summed E-state index contributed by atoms with van der Waals surface area (Å²) in [6.07, 6.45) is 46.3. The predicted octanol–water partition coefficient (Wildman–Crippen LogP) is 15.9. The molecule has 2 heteroatoms. The van der Waals surface area contributed by atoms with Crippen LogP contribution >= 0.6 is 0 Å². The summed E-state index contributed by atoms with van der Waals surface area (Å²) in [4.78, 5) is 3.83. The first-order chi connectivity index (χ1) is 26.2. The van der Waals surface area contributed by atoms with Gasteiger partial charge >= 0.3 is 0 Å². The van der Waals surface area contributed by atoms with E-state index >= 15 is 0 Å². The van der Waals surface area contributed by atoms with Crippen LogP contribution in [0.3, 0.4) is 0 Å². The van der Waals surface area contributed by atoms with E-state index in [9.17, 15) is 0 Å². The van der Waals surface area contributed by atoms with Gasteiger partial charge in [0.05, 0.1) is 12.5 Å². The van der Waals surface area contributed by atoms with Gasteiger partial charge in [0.2, 0.25) is 0 Å². The largest absolute Gasteiger partial charge is 0.258 e. The molecule has 1 aromatic heterocycles. The monoisotopic (exact) mass is 726 g/mol. The predicted molar refractivity (Wildman–Crippen MR) is 233 cm³/mol. The Hall–Kier alpha value is -2.35. The molecule has 2 atom stereocenters. The highest BCUT2D eigenvalue weighted by molar-refractivity contribution is 5.32. The lowest BCUT2D eigenvalue weighted by Gasteiger charge is -2.37. The van der Waals surface area contributed by atoms with Crippen LogP contribution in [-0.4, -0.2) is 4.98 Å². The van der Waals surface area contributed by atoms with Gasteiger partial charge < -0.3 is 0 Å². The number of rotatable bonds is 35. The number of nitrogens with zero attached hydrogens (tertiary/aromatic N) is 1. The molecule has 0 saturated carbocycles. The molecule has 2 aromatic carbocycles. The lowest BCUT2D eigenvalue weighted by Crippen LogP contribution is -2.43. The first-order valence-corrected chi connectivity index (χ1v) is 23.3. The third kappa shape index (κ3) is 19.2. The minimum absolute atomic E-state index is 0.00139. The summed E-state index contributed by atoms with van der Waals surface area (Å²) < 4.78 is 2.60. The molecule has 53 heavy (non-hydrogen) atoms. The highest BCUT2D eigenvalue weighted by Gasteiger charge is 2.42. The number of aromatic amines is 1. The number of hydrogen-bond acceptors (Lipinski definition) is 0. The maximum atomic E-state index is 3.83. The second kappa shape index (κ2) is 29.9. The van der Waals surface area contributed by atoms with Crippen molar-refractivity contribution in [3.8, 4) is 0 Å². The summed E-state index contributed by atoms with van der Waals surface area (Å²) in [6.45, 7) is 8.30. The summed E-state index contributed by atoms with van der Waals surface area (Å²) in [5.41, 5.74) is 2.91. The normalized spacial score (nSPS) is 13.3. The minimum Gasteiger partial charge on any atom is -0.247 e. The molecule has 2 nitrogen and oxygen atoms in total. The molecule has 0 fully saturated rings. The number of benzene rings is 2. The number of nitrogens with one attached hydrogen (secondary N) is 1. The van der Waals surface area contributed by atoms with Gasteiger partial charge in [0.15, 0.2) is 0 Å². The van der Waals surface area contributed by atoms with E-state index in [2.05, 4.69) is 103 Å². The first kappa shape index (κ1) is 45.0. The summed E-state index contributed by atoms with van der Waals surface area (Å²) in [6, 6.07) is 22.7. The molecule has 1 N–H and O–H groups in total. The zero-order chi connectivity index (χ0) is 37.5. The molecule has 0 spiro atoms. The Morgan fingerprint density at radius 2 is 0.887 bits per heavy atom. The van der Waals surface area contributed by atoms with Crippen LogP contribution in [0.1, 0.15) is 230 Å². The van der Waals surface area contributed by atoms with Crippen LogP contribution in [0.5, 0.6) is 0 Å². The Labute approximate surface area is 329 Å². The van der Waals surface area contributed by atoms with E-state index in [1.165, 1.54) is 203 Å². The number of aromatic nitrogens is 2. The Morgan fingerprint density at radius 1 is 0.491 bits per heavy atom. The molecule has 2 unspecified atom stereocenters. The quantitative estimate of drug-likeness (QED) is 0.0460. The van der Waals surface area contributed by atoms with Gasteiger partial charge in [-0.05, 0) is 36.8 Å². The second-order valence-electron chi connectivity index (χ2n) is 17.0. The van der Waals surface area contributed by atoms with Crippen LogP contribution in [0, 0.1) is 0 Å². The summed E-state index contributed by atoms with van der Waals surface area (Å²) in [5, 5.41) is 0. The molecule has 0 aliphatic carbocycles. The zero-order valence-corrected chi connectivity index (χ0v) is 35.4. The van der Waals surface area contributed by atoms with Crippen molar-refractivity contribution >= 4 is 0 Å². The van der Waals surface area contributed by atoms with Crippen molar-refractivity contribution in [2.45, 2.75) is 231 Å². The van der Waals surface area contributed by atoms with Crippen molar-refractivity contribution in [2.75, 3.05) is 0 Å². The van der Waals surface area contributed by atoms with Gasteiger partial charge in [0.25, 0.3) is 5.82 Å². The van der Waals surface area contributed by atoms with E-state index in [0.29, 0.717) is 5.92 Å². The molecule has 1 heterocycles. The van der Waals surface area contributed by atoms with Crippen molar-refractivity contribution in [3.05, 3.63) is 90.0 Å². The van der Waals surface area contributed by atoms with Crippen LogP contribution in [0.15, 0.2) is 73.1 Å². The fourth-order valence-electron chi connectivity index (χ4n) is 8.91. The summed E-state index contributed by atoms with van der Waals surface area (Å²) in [7, 11) is 0. The van der Waals surface area contributed by atoms with Gasteiger partial charge in [-0.2, -0.15) is 0 Å². The Kier molecular flexibility index (Phi) is 25.4. The van der Waals surface area contributed by atoms with E-state index in [-0.39, 0.29) is 5.41 Å². The molecule has 0 radical (unpaired) electrons. The summed E-state index contributed by atoms with van der Waals surface area (Å²) in [5.74, 6) is 1.88. The minimum atomic E-state index is 0.00139. The molecular weight excluding hydrogens is 641 g/mol. The lowest BCUT2D eigenvalue weighted by molar-refractivity contribution is -0.705. The van der Waals surface area contributed by atoms with E-state index in [4.69, 9.17) is 0 Å². The van der Waals surface area contributed by atoms with Crippen molar-refractivity contribution in [2.24, 2.45) is 0 Å². The standard InChI is InChI=1S/C51H84N2/c1-4-6-8-10-12-14-16-18-19-21-23-25-27-29-37-44-53-45-43-52-50(53)49(42-36-28-26-24-22-20-17-15-13-11-9-7-5-2)51(3,48-40-34-31-35-41-48)46-47-38-32-30-33-39-47/h30-35,38-41,43,45,49H,4-29,36-37,42,44,46H2,1-3H3/p+1. The summed E-state index contributed by atoms with van der Waals surface area (Å²) >= 11 is 0. The number of H-pyrrole nitrogens is 1. The molecule has 3 rings (SSSR count). The number of hydrogen-bond donors (Lipinski definition) is 1. The fraction of sp³-hybridized carbons (Fsp3) is 0.706. The van der Waals surface area contributed by atoms with Crippen molar-refractivity contribution in [1.29, 1.82) is 0 Å². The molecular formula is C51H85N2+. The molecule has 0 bridgehead atoms. The Balaban J connectivity index is 1.50. The highest BCUT2D eigenvalue weighted by Crippen LogP contribution is 2.43. The third-order valence-corrected chi connectivity index (χ3v) is 12.3. The molecule has 298 valence electrons. The van der Waals surface area contributed by atoms with Crippen LogP contribution in [-0.2, 0) is 18.4 Å². The van der Waals surface area contributed by atoms with Crippen molar-refractivity contribution < 1.29 is 4.57 Å². The number of aryl methyl sites for hydroxylation is 1. The third-order valence-electron chi connectivity index (χ3n) is 12.3. The van der Waals surface area contributed by atoms with Gasteiger partial charge in [-0.15, -0.1) is 0 Å². The van der Waals surface area contributed by atoms with Crippen LogP contribution in [0.4, 0.5) is 0 Å². The van der Waals surface area contributed by atoms with E-state index in [1.807, 2.05) is 0 Å². The SMILES string of the molecule is CCCCCCCCCCCCCCCCC[n+]1cc[nH]c1C(CCCCCCCCCCCCCCC)C(C)(Cc1ccccc1)c1ccccc1. The van der Waals surface area contributed by atoms with Gasteiger partial charge in [0, 0.05) is 5.41 Å². The Morgan fingerprint density at radius 3 is 1.34 bits per heavy atom. The average Bonchev–Trinajstić information content (AvgIpc) is 3.65. The zero-order valence-electron chi connectivity index (χ0n) is 35.4. The van der Waals surface area contributed by atoms with Crippen LogP contribution in [0.2, 0.25) is 0 Å². The van der Waals surface area contributed by atoms with Gasteiger partial charge in [-0.1, -0.05) is 248 Å². The molecule has 0 amide bonds. The molecule has 0 aliphatic heterocycles. The first-order valence-electron chi connectivity index (χ1n) is 23.3. The lowest BCUT2D eigenvalue weighted by atomic mass is 9.66. The van der Waals surface area contributed by atoms with Crippen LogP contribution in [0.25, 0.3) is 0 Å². The topological polar surface area (TPSA) is 19.7 Å². The van der Waals surface area contributed by atoms with Crippen molar-refractivity contribution in [3.63, 3.8) is 0 Å². The molecule has 3 aromatic rings. The number of unbranched alkanes of at least 4 members (excludes halogenated alkanes) is 26. The maximum absolute atomic E-state index is 3.83. The second-order valence-corrected chi connectivity index (χ2v) is 17.0. The van der Waals surface area contributed by atoms with Gasteiger partial charge in [-0.25, -0.2) is 9.55 Å². The molecule has 0 aliphatic rings. The van der Waals surface area contributed by atoms with Gasteiger partial charge in [0.1, 0.15) is 12.4 Å². The average molecular weight is 726 g/mol. The van der Waals surface area contributed by atoms with Crippen molar-refractivity contribution in [1.82, 2.24) is 4.98 Å². The van der Waals surface area contributed by atoms with E-state index in [1.54, 1.807) is 0 Å². The maximum Gasteiger partial charge on any atom is 0.258 e. The van der Waals surface area contributed by atoms with E-state index in [0.717, 1.165) is 13.0 Å². The smallest absolute Gasteiger partial charge is 0.247 e. The molecule has 0 saturated heterocycles. The van der Waals surface area contributed by atoms with Gasteiger partial charge in [-0.3, -0.25) is 0 Å². The van der Waals surface area contributed by atoms with E-state index < -0.39 is 0 Å². The van der Waals surface area contributed by atoms with Crippen LogP contribution < -0.4 is 4.57 Å².